The third-order valence-corrected chi connectivity index (χ3v) is 3.01. The van der Waals surface area contributed by atoms with Crippen molar-refractivity contribution in [2.24, 2.45) is 0 Å². The number of H-pyrrole nitrogens is 1. The Morgan fingerprint density at radius 3 is 3.11 bits per heavy atom. The minimum atomic E-state index is 0.540. The molecule has 6 heteroatoms. The molecule has 0 bridgehead atoms. The highest BCUT2D eigenvalue weighted by atomic mass is 32.1. The molecule has 0 saturated carbocycles. The Balaban J connectivity index is 2.25. The van der Waals surface area contributed by atoms with Crippen molar-refractivity contribution in [1.29, 1.82) is 0 Å². The standard InChI is InChI=1S/C12H10N4OS/c1-17-9-4-2-3-8(5-9)16-11-10(6-15-16)12(18)14-7-13-11/h2-7H,1H3,(H,13,14,18). The minimum Gasteiger partial charge on any atom is -0.497 e. The summed E-state index contributed by atoms with van der Waals surface area (Å²) in [5.74, 6) is 0.781. The molecule has 18 heavy (non-hydrogen) atoms. The molecule has 0 aliphatic heterocycles. The van der Waals surface area contributed by atoms with Crippen molar-refractivity contribution in [3.63, 3.8) is 0 Å². The lowest BCUT2D eigenvalue weighted by Crippen LogP contribution is -1.98. The zero-order valence-corrected chi connectivity index (χ0v) is 10.4. The summed E-state index contributed by atoms with van der Waals surface area (Å²) in [5.41, 5.74) is 1.73. The maximum absolute atomic E-state index is 5.20. The van der Waals surface area contributed by atoms with Gasteiger partial charge in [0.15, 0.2) is 0 Å². The van der Waals surface area contributed by atoms with E-state index in [1.54, 1.807) is 24.3 Å². The van der Waals surface area contributed by atoms with Crippen LogP contribution in [0.4, 0.5) is 0 Å². The molecule has 2 aromatic heterocycles. The first-order chi connectivity index (χ1) is 8.79. The maximum atomic E-state index is 5.20. The molecule has 0 radical (unpaired) electrons. The molecule has 0 spiro atoms. The largest absolute Gasteiger partial charge is 0.497 e. The van der Waals surface area contributed by atoms with Crippen LogP contribution in [-0.4, -0.2) is 26.9 Å². The summed E-state index contributed by atoms with van der Waals surface area (Å²) in [5, 5.41) is 5.15. The van der Waals surface area contributed by atoms with Crippen LogP contribution in [0.15, 0.2) is 36.8 Å². The number of nitrogens with one attached hydrogen (secondary N) is 1. The van der Waals surface area contributed by atoms with Gasteiger partial charge >= 0.3 is 0 Å². The van der Waals surface area contributed by atoms with Gasteiger partial charge in [0.1, 0.15) is 16.0 Å². The summed E-state index contributed by atoms with van der Waals surface area (Å²) in [6.45, 7) is 0. The van der Waals surface area contributed by atoms with Crippen LogP contribution >= 0.6 is 12.2 Å². The zero-order valence-electron chi connectivity index (χ0n) is 9.62. The van der Waals surface area contributed by atoms with Gasteiger partial charge in [0, 0.05) is 6.07 Å². The highest BCUT2D eigenvalue weighted by Gasteiger charge is 2.07. The number of aromatic nitrogens is 4. The van der Waals surface area contributed by atoms with Crippen molar-refractivity contribution in [3.05, 3.63) is 41.4 Å². The van der Waals surface area contributed by atoms with Gasteiger partial charge in [0.05, 0.1) is 30.7 Å². The summed E-state index contributed by atoms with van der Waals surface area (Å²) in [6.07, 6.45) is 3.28. The second kappa shape index (κ2) is 4.23. The number of hydrogen-bond donors (Lipinski definition) is 1. The van der Waals surface area contributed by atoms with Crippen LogP contribution in [0.3, 0.4) is 0 Å². The molecular formula is C12H10N4OS. The third kappa shape index (κ3) is 1.67. The Labute approximate surface area is 108 Å². The lowest BCUT2D eigenvalue weighted by atomic mass is 10.3. The van der Waals surface area contributed by atoms with Gasteiger partial charge in [-0.3, -0.25) is 0 Å². The van der Waals surface area contributed by atoms with Gasteiger partial charge in [0.25, 0.3) is 0 Å². The lowest BCUT2D eigenvalue weighted by Gasteiger charge is -2.05. The van der Waals surface area contributed by atoms with Crippen LogP contribution < -0.4 is 4.74 Å². The molecule has 1 aromatic carbocycles. The number of methoxy groups -OCH3 is 1. The molecule has 0 saturated heterocycles. The van der Waals surface area contributed by atoms with Crippen molar-refractivity contribution in [2.45, 2.75) is 0 Å². The molecule has 2 heterocycles. The lowest BCUT2D eigenvalue weighted by molar-refractivity contribution is 0.414. The monoisotopic (exact) mass is 258 g/mol. The fourth-order valence-electron chi connectivity index (χ4n) is 1.80. The average Bonchev–Trinajstić information content (AvgIpc) is 2.84. The number of hydrogen-bond acceptors (Lipinski definition) is 4. The number of fused-ring (bicyclic) bond motifs is 1. The van der Waals surface area contributed by atoms with Crippen LogP contribution in [0.1, 0.15) is 0 Å². The van der Waals surface area contributed by atoms with E-state index in [0.717, 1.165) is 22.5 Å². The van der Waals surface area contributed by atoms with Gasteiger partial charge in [-0.25, -0.2) is 9.67 Å². The SMILES string of the molecule is COc1cccc(-n2ncc3c(=S)nc[nH]c32)c1. The van der Waals surface area contributed by atoms with Crippen molar-refractivity contribution in [1.82, 2.24) is 19.7 Å². The summed E-state index contributed by atoms with van der Waals surface area (Å²) >= 11 is 5.16. The van der Waals surface area contributed by atoms with E-state index in [-0.39, 0.29) is 0 Å². The van der Waals surface area contributed by atoms with Gasteiger partial charge in [-0.2, -0.15) is 5.10 Å². The van der Waals surface area contributed by atoms with Gasteiger partial charge in [-0.05, 0) is 12.1 Å². The normalized spacial score (nSPS) is 10.7. The number of aromatic amines is 1. The second-order valence-electron chi connectivity index (χ2n) is 3.73. The van der Waals surface area contributed by atoms with Crippen molar-refractivity contribution in [2.75, 3.05) is 7.11 Å². The zero-order chi connectivity index (χ0) is 12.5. The number of ether oxygens (including phenoxy) is 1. The fraction of sp³-hybridized carbons (Fsp3) is 0.0833. The average molecular weight is 258 g/mol. The van der Waals surface area contributed by atoms with Gasteiger partial charge in [0.2, 0.25) is 0 Å². The molecular weight excluding hydrogens is 248 g/mol. The van der Waals surface area contributed by atoms with Crippen LogP contribution in [0.2, 0.25) is 0 Å². The smallest absolute Gasteiger partial charge is 0.145 e. The van der Waals surface area contributed by atoms with Crippen molar-refractivity contribution < 1.29 is 4.74 Å². The third-order valence-electron chi connectivity index (χ3n) is 2.68. The summed E-state index contributed by atoms with van der Waals surface area (Å²) in [4.78, 5) is 7.09. The van der Waals surface area contributed by atoms with Gasteiger partial charge < -0.3 is 9.72 Å². The number of nitrogens with zero attached hydrogens (tertiary/aromatic N) is 3. The molecule has 0 atom stereocenters. The highest BCUT2D eigenvalue weighted by Crippen LogP contribution is 2.19. The predicted molar refractivity (Wildman–Crippen MR) is 70.6 cm³/mol. The predicted octanol–water partition coefficient (Wildman–Crippen LogP) is 2.49. The van der Waals surface area contributed by atoms with Crippen LogP contribution in [-0.2, 0) is 0 Å². The minimum absolute atomic E-state index is 0.540. The van der Waals surface area contributed by atoms with E-state index in [1.807, 2.05) is 24.3 Å². The van der Waals surface area contributed by atoms with Crippen LogP contribution in [0, 0.1) is 4.64 Å². The molecule has 90 valence electrons. The van der Waals surface area contributed by atoms with E-state index in [4.69, 9.17) is 17.0 Å². The first kappa shape index (κ1) is 10.9. The van der Waals surface area contributed by atoms with Crippen LogP contribution in [0.5, 0.6) is 5.75 Å². The van der Waals surface area contributed by atoms with E-state index < -0.39 is 0 Å². The first-order valence-corrected chi connectivity index (χ1v) is 5.76. The van der Waals surface area contributed by atoms with E-state index in [1.165, 1.54) is 0 Å². The summed E-state index contributed by atoms with van der Waals surface area (Å²) in [6, 6.07) is 7.66. The molecule has 3 aromatic rings. The van der Waals surface area contributed by atoms with Gasteiger partial charge in [-0.15, -0.1) is 0 Å². The molecule has 3 rings (SSSR count). The molecule has 0 fully saturated rings. The molecule has 5 nitrogen and oxygen atoms in total. The van der Waals surface area contributed by atoms with E-state index in [9.17, 15) is 0 Å². The Kier molecular flexibility index (Phi) is 2.56. The summed E-state index contributed by atoms with van der Waals surface area (Å²) < 4.78 is 7.52. The Morgan fingerprint density at radius 2 is 2.28 bits per heavy atom. The highest BCUT2D eigenvalue weighted by molar-refractivity contribution is 7.71. The molecule has 0 aliphatic rings. The Hall–Kier alpha value is -2.21. The quantitative estimate of drug-likeness (QED) is 0.717. The van der Waals surface area contributed by atoms with E-state index in [0.29, 0.717) is 4.64 Å². The Bertz CT molecular complexity index is 762. The van der Waals surface area contributed by atoms with Crippen molar-refractivity contribution in [3.8, 4) is 11.4 Å². The topological polar surface area (TPSA) is 55.7 Å². The van der Waals surface area contributed by atoms with Crippen LogP contribution in [0.25, 0.3) is 16.7 Å². The molecule has 0 amide bonds. The molecule has 0 unspecified atom stereocenters. The van der Waals surface area contributed by atoms with Crippen molar-refractivity contribution >= 4 is 23.3 Å². The van der Waals surface area contributed by atoms with E-state index >= 15 is 0 Å². The molecule has 0 aliphatic carbocycles. The van der Waals surface area contributed by atoms with E-state index in [2.05, 4.69) is 15.1 Å². The number of rotatable bonds is 2. The maximum Gasteiger partial charge on any atom is 0.145 e. The fourth-order valence-corrected chi connectivity index (χ4v) is 2.01. The molecule has 1 N–H and O–H groups in total. The first-order valence-electron chi connectivity index (χ1n) is 5.35. The summed E-state index contributed by atoms with van der Waals surface area (Å²) in [7, 11) is 1.64. The number of benzene rings is 1. The van der Waals surface area contributed by atoms with Gasteiger partial charge in [-0.1, -0.05) is 18.3 Å². The Morgan fingerprint density at radius 1 is 1.39 bits per heavy atom. The second-order valence-corrected chi connectivity index (χ2v) is 4.11.